The lowest BCUT2D eigenvalue weighted by molar-refractivity contribution is 0.0948. The molecule has 1 amide bonds. The molecule has 1 fully saturated rings. The number of H-pyrrole nitrogens is 1. The Balaban J connectivity index is 1.52. The van der Waals surface area contributed by atoms with Gasteiger partial charge in [-0.3, -0.25) is 4.79 Å². The number of amides is 1. The number of aromatic amines is 1. The van der Waals surface area contributed by atoms with Gasteiger partial charge in [0.2, 0.25) is 0 Å². The summed E-state index contributed by atoms with van der Waals surface area (Å²) in [4.78, 5) is 17.0. The largest absolute Gasteiger partial charge is 0.357 e. The molecule has 0 radical (unpaired) electrons. The van der Waals surface area contributed by atoms with Gasteiger partial charge in [0, 0.05) is 12.7 Å². The van der Waals surface area contributed by atoms with Crippen LogP contribution in [0.2, 0.25) is 0 Å². The summed E-state index contributed by atoms with van der Waals surface area (Å²) in [6.07, 6.45) is 6.70. The molecule has 1 aliphatic rings. The maximum absolute atomic E-state index is 11.6. The molecular weight excluding hydrogens is 214 g/mol. The van der Waals surface area contributed by atoms with Crippen LogP contribution in [0.4, 0.5) is 0 Å². The van der Waals surface area contributed by atoms with E-state index in [1.165, 1.54) is 38.9 Å². The molecule has 0 aromatic carbocycles. The van der Waals surface area contributed by atoms with E-state index in [0.717, 1.165) is 13.0 Å². The fraction of sp³-hybridized carbons (Fsp3) is 0.615. The number of nitrogens with one attached hydrogen (secondary N) is 2. The second-order valence-corrected chi connectivity index (χ2v) is 4.60. The van der Waals surface area contributed by atoms with Gasteiger partial charge in [0.1, 0.15) is 5.69 Å². The van der Waals surface area contributed by atoms with E-state index in [2.05, 4.69) is 15.2 Å². The van der Waals surface area contributed by atoms with Crippen LogP contribution in [-0.2, 0) is 0 Å². The van der Waals surface area contributed by atoms with Gasteiger partial charge in [0.25, 0.3) is 5.91 Å². The average Bonchev–Trinajstić information content (AvgIpc) is 3.01. The molecule has 1 aromatic rings. The standard InChI is InChI=1S/C13H21N3O/c17-13(12-6-5-8-14-12)15-7-1-2-9-16-10-3-4-11-16/h5-6,8,14H,1-4,7,9-11H2,(H,15,17). The Morgan fingerprint density at radius 1 is 1.35 bits per heavy atom. The van der Waals surface area contributed by atoms with Crippen molar-refractivity contribution in [1.29, 1.82) is 0 Å². The van der Waals surface area contributed by atoms with Crippen LogP contribution in [0.5, 0.6) is 0 Å². The predicted octanol–water partition coefficient (Wildman–Crippen LogP) is 1.62. The average molecular weight is 235 g/mol. The van der Waals surface area contributed by atoms with Gasteiger partial charge in [-0.25, -0.2) is 0 Å². The zero-order valence-corrected chi connectivity index (χ0v) is 10.2. The number of carbonyl (C=O) groups is 1. The van der Waals surface area contributed by atoms with Crippen LogP contribution in [0.25, 0.3) is 0 Å². The molecule has 94 valence electrons. The summed E-state index contributed by atoms with van der Waals surface area (Å²) < 4.78 is 0. The highest BCUT2D eigenvalue weighted by Gasteiger charge is 2.10. The molecule has 4 heteroatoms. The highest BCUT2D eigenvalue weighted by atomic mass is 16.1. The quantitative estimate of drug-likeness (QED) is 0.736. The van der Waals surface area contributed by atoms with Gasteiger partial charge in [-0.2, -0.15) is 0 Å². The number of nitrogens with zero attached hydrogens (tertiary/aromatic N) is 1. The minimum Gasteiger partial charge on any atom is -0.357 e. The third-order valence-electron chi connectivity index (χ3n) is 3.23. The number of rotatable bonds is 6. The third-order valence-corrected chi connectivity index (χ3v) is 3.23. The molecule has 1 aromatic heterocycles. The summed E-state index contributed by atoms with van der Waals surface area (Å²) in [5.41, 5.74) is 0.643. The van der Waals surface area contributed by atoms with E-state index in [9.17, 15) is 4.79 Å². The highest BCUT2D eigenvalue weighted by Crippen LogP contribution is 2.07. The summed E-state index contributed by atoms with van der Waals surface area (Å²) in [5.74, 6) is -0.00354. The van der Waals surface area contributed by atoms with Gasteiger partial charge in [-0.15, -0.1) is 0 Å². The first-order valence-corrected chi connectivity index (χ1v) is 6.50. The number of carbonyl (C=O) groups excluding carboxylic acids is 1. The summed E-state index contributed by atoms with van der Waals surface area (Å²) in [6, 6.07) is 3.63. The van der Waals surface area contributed by atoms with Crippen molar-refractivity contribution in [1.82, 2.24) is 15.2 Å². The Hall–Kier alpha value is -1.29. The van der Waals surface area contributed by atoms with Gasteiger partial charge < -0.3 is 15.2 Å². The first kappa shape index (κ1) is 12.2. The predicted molar refractivity (Wildman–Crippen MR) is 68.0 cm³/mol. The Morgan fingerprint density at radius 3 is 2.88 bits per heavy atom. The summed E-state index contributed by atoms with van der Waals surface area (Å²) >= 11 is 0. The number of hydrogen-bond acceptors (Lipinski definition) is 2. The van der Waals surface area contributed by atoms with E-state index in [1.807, 2.05) is 6.07 Å². The highest BCUT2D eigenvalue weighted by molar-refractivity contribution is 5.92. The second kappa shape index (κ2) is 6.45. The molecule has 4 nitrogen and oxygen atoms in total. The van der Waals surface area contributed by atoms with Crippen molar-refractivity contribution in [3.63, 3.8) is 0 Å². The summed E-state index contributed by atoms with van der Waals surface area (Å²) in [6.45, 7) is 4.47. The smallest absolute Gasteiger partial charge is 0.267 e. The van der Waals surface area contributed by atoms with Gasteiger partial charge >= 0.3 is 0 Å². The van der Waals surface area contributed by atoms with Crippen LogP contribution in [0.3, 0.4) is 0 Å². The van der Waals surface area contributed by atoms with Crippen molar-refractivity contribution >= 4 is 5.91 Å². The van der Waals surface area contributed by atoms with Crippen LogP contribution >= 0.6 is 0 Å². The SMILES string of the molecule is O=C(NCCCCN1CCCC1)c1ccc[nH]1. The topological polar surface area (TPSA) is 48.1 Å². The zero-order chi connectivity index (χ0) is 11.9. The molecule has 0 saturated carbocycles. The monoisotopic (exact) mass is 235 g/mol. The van der Waals surface area contributed by atoms with Crippen LogP contribution in [0.1, 0.15) is 36.2 Å². The zero-order valence-electron chi connectivity index (χ0n) is 10.2. The maximum atomic E-state index is 11.6. The fourth-order valence-electron chi connectivity index (χ4n) is 2.24. The molecule has 2 N–H and O–H groups in total. The molecule has 2 heterocycles. The lowest BCUT2D eigenvalue weighted by atomic mass is 10.3. The van der Waals surface area contributed by atoms with E-state index in [-0.39, 0.29) is 5.91 Å². The Bertz CT molecular complexity index is 328. The first-order valence-electron chi connectivity index (χ1n) is 6.50. The van der Waals surface area contributed by atoms with E-state index >= 15 is 0 Å². The first-order chi connectivity index (χ1) is 8.36. The lowest BCUT2D eigenvalue weighted by Gasteiger charge is -2.13. The molecule has 0 unspecified atom stereocenters. The Labute approximate surface area is 102 Å². The van der Waals surface area contributed by atoms with Crippen molar-refractivity contribution in [2.45, 2.75) is 25.7 Å². The third kappa shape index (κ3) is 3.89. The molecular formula is C13H21N3O. The molecule has 0 aliphatic carbocycles. The molecule has 1 aliphatic heterocycles. The minimum atomic E-state index is -0.00354. The van der Waals surface area contributed by atoms with Crippen LogP contribution in [0, 0.1) is 0 Å². The van der Waals surface area contributed by atoms with Crippen molar-refractivity contribution in [2.75, 3.05) is 26.2 Å². The van der Waals surface area contributed by atoms with Crippen LogP contribution < -0.4 is 5.32 Å². The number of likely N-dealkylation sites (tertiary alicyclic amines) is 1. The summed E-state index contributed by atoms with van der Waals surface area (Å²) in [5, 5.41) is 2.92. The second-order valence-electron chi connectivity index (χ2n) is 4.60. The molecule has 1 saturated heterocycles. The van der Waals surface area contributed by atoms with Crippen LogP contribution in [0.15, 0.2) is 18.3 Å². The fourth-order valence-corrected chi connectivity index (χ4v) is 2.24. The molecule has 0 spiro atoms. The molecule has 2 rings (SSSR count). The summed E-state index contributed by atoms with van der Waals surface area (Å²) in [7, 11) is 0. The van der Waals surface area contributed by atoms with E-state index in [4.69, 9.17) is 0 Å². The molecule has 0 bridgehead atoms. The van der Waals surface area contributed by atoms with Crippen molar-refractivity contribution in [3.8, 4) is 0 Å². The van der Waals surface area contributed by atoms with Crippen molar-refractivity contribution in [3.05, 3.63) is 24.0 Å². The number of aromatic nitrogens is 1. The van der Waals surface area contributed by atoms with Gasteiger partial charge in [-0.05, 0) is 57.5 Å². The number of unbranched alkanes of at least 4 members (excludes halogenated alkanes) is 1. The maximum Gasteiger partial charge on any atom is 0.267 e. The van der Waals surface area contributed by atoms with E-state index < -0.39 is 0 Å². The lowest BCUT2D eigenvalue weighted by Crippen LogP contribution is -2.26. The van der Waals surface area contributed by atoms with Crippen molar-refractivity contribution in [2.24, 2.45) is 0 Å². The minimum absolute atomic E-state index is 0.00354. The molecule has 0 atom stereocenters. The Morgan fingerprint density at radius 2 is 2.18 bits per heavy atom. The molecule has 17 heavy (non-hydrogen) atoms. The van der Waals surface area contributed by atoms with Gasteiger partial charge in [0.15, 0.2) is 0 Å². The van der Waals surface area contributed by atoms with Crippen molar-refractivity contribution < 1.29 is 4.79 Å². The van der Waals surface area contributed by atoms with Crippen LogP contribution in [-0.4, -0.2) is 42.0 Å². The van der Waals surface area contributed by atoms with Gasteiger partial charge in [0.05, 0.1) is 0 Å². The van der Waals surface area contributed by atoms with E-state index in [0.29, 0.717) is 5.69 Å². The normalized spacial score (nSPS) is 16.2. The van der Waals surface area contributed by atoms with Gasteiger partial charge in [-0.1, -0.05) is 0 Å². The Kier molecular flexibility index (Phi) is 4.62. The number of hydrogen-bond donors (Lipinski definition) is 2. The van der Waals surface area contributed by atoms with E-state index in [1.54, 1.807) is 12.3 Å².